The van der Waals surface area contributed by atoms with Crippen LogP contribution in [0.15, 0.2) is 11.6 Å². The Morgan fingerprint density at radius 3 is 2.22 bits per heavy atom. The molecule has 0 aliphatic heterocycles. The molecule has 2 N–H and O–H groups in total. The van der Waals surface area contributed by atoms with Crippen molar-refractivity contribution in [1.82, 2.24) is 4.90 Å². The van der Waals surface area contributed by atoms with E-state index in [1.807, 2.05) is 32.0 Å². The van der Waals surface area contributed by atoms with Gasteiger partial charge in [0.15, 0.2) is 0 Å². The molecule has 106 valence electrons. The predicted octanol–water partition coefficient (Wildman–Crippen LogP) is 2.28. The average Bonchev–Trinajstić information content (AvgIpc) is 2.31. The first kappa shape index (κ1) is 17.1. The average molecular weight is 257 g/mol. The number of unbranched alkanes of at least 4 members (excludes halogenated alkanes) is 5. The Bertz CT molecular complexity index is 262. The Morgan fingerprint density at radius 2 is 1.72 bits per heavy atom. The maximum absolute atomic E-state index is 11.1. The fourth-order valence-electron chi connectivity index (χ4n) is 1.76. The fourth-order valence-corrected chi connectivity index (χ4v) is 1.76. The van der Waals surface area contributed by atoms with E-state index in [1.54, 1.807) is 0 Å². The number of hydrogen-bond donors (Lipinski definition) is 2. The topological polar surface area (TPSA) is 60.8 Å². The number of aliphatic hydroxyl groups is 1. The van der Waals surface area contributed by atoms with E-state index in [9.17, 15) is 4.79 Å². The number of aliphatic carboxylic acids is 1. The van der Waals surface area contributed by atoms with Crippen molar-refractivity contribution in [2.45, 2.75) is 51.5 Å². The Hall–Kier alpha value is -0.870. The minimum Gasteiger partial charge on any atom is -0.478 e. The smallest absolute Gasteiger partial charge is 0.332 e. The van der Waals surface area contributed by atoms with Crippen molar-refractivity contribution >= 4 is 5.97 Å². The Kier molecular flexibility index (Phi) is 9.60. The lowest BCUT2D eigenvalue weighted by atomic mass is 10.0. The zero-order valence-electron chi connectivity index (χ0n) is 11.9. The van der Waals surface area contributed by atoms with Gasteiger partial charge in [0.1, 0.15) is 0 Å². The Balaban J connectivity index is 3.99. The van der Waals surface area contributed by atoms with Gasteiger partial charge in [-0.2, -0.15) is 0 Å². The molecule has 0 bridgehead atoms. The lowest BCUT2D eigenvalue weighted by molar-refractivity contribution is -0.133. The van der Waals surface area contributed by atoms with Gasteiger partial charge in [0.05, 0.1) is 0 Å². The zero-order chi connectivity index (χ0) is 14.0. The first-order valence-corrected chi connectivity index (χ1v) is 6.71. The maximum Gasteiger partial charge on any atom is 0.332 e. The molecule has 4 heteroatoms. The van der Waals surface area contributed by atoms with Gasteiger partial charge in [-0.15, -0.1) is 0 Å². The molecular formula is C14H27NO3. The summed E-state index contributed by atoms with van der Waals surface area (Å²) < 4.78 is 0. The molecule has 1 unspecified atom stereocenters. The monoisotopic (exact) mass is 257 g/mol. The van der Waals surface area contributed by atoms with Crippen molar-refractivity contribution in [3.63, 3.8) is 0 Å². The van der Waals surface area contributed by atoms with Crippen LogP contribution in [0.1, 0.15) is 45.4 Å². The molecule has 0 fully saturated rings. The summed E-state index contributed by atoms with van der Waals surface area (Å²) in [5.41, 5.74) is 0.482. The number of carbonyl (C=O) groups is 1. The molecule has 0 saturated carbocycles. The van der Waals surface area contributed by atoms with Crippen LogP contribution >= 0.6 is 0 Å². The summed E-state index contributed by atoms with van der Waals surface area (Å²) in [4.78, 5) is 13.0. The number of likely N-dealkylation sites (N-methyl/N-ethyl adjacent to an activating group) is 1. The predicted molar refractivity (Wildman–Crippen MR) is 73.7 cm³/mol. The lowest BCUT2D eigenvalue weighted by Gasteiger charge is -2.20. The van der Waals surface area contributed by atoms with Crippen molar-refractivity contribution in [3.8, 4) is 0 Å². The number of rotatable bonds is 10. The molecule has 0 rings (SSSR count). The van der Waals surface area contributed by atoms with E-state index in [2.05, 4.69) is 0 Å². The minimum absolute atomic E-state index is 0.0584. The van der Waals surface area contributed by atoms with E-state index in [1.165, 1.54) is 0 Å². The zero-order valence-corrected chi connectivity index (χ0v) is 11.9. The molecule has 0 aromatic rings. The highest BCUT2D eigenvalue weighted by Crippen LogP contribution is 2.12. The third-order valence-electron chi connectivity index (χ3n) is 3.20. The molecular weight excluding hydrogens is 230 g/mol. The molecule has 0 radical (unpaired) electrons. The number of carboxylic acids is 1. The first-order chi connectivity index (χ1) is 8.50. The van der Waals surface area contributed by atoms with E-state index >= 15 is 0 Å². The number of carboxylic acid groups (broad SMARTS) is 1. The summed E-state index contributed by atoms with van der Waals surface area (Å²) in [7, 11) is 3.77. The fraction of sp³-hybridized carbons (Fsp3) is 0.786. The summed E-state index contributed by atoms with van der Waals surface area (Å²) in [6.45, 7) is 2.17. The highest BCUT2D eigenvalue weighted by atomic mass is 16.4. The Labute approximate surface area is 110 Å². The second-order valence-electron chi connectivity index (χ2n) is 4.88. The Morgan fingerprint density at radius 1 is 1.17 bits per heavy atom. The van der Waals surface area contributed by atoms with Crippen molar-refractivity contribution in [2.24, 2.45) is 0 Å². The van der Waals surface area contributed by atoms with E-state index < -0.39 is 5.97 Å². The number of aliphatic hydroxyl groups excluding tert-OH is 1. The maximum atomic E-state index is 11.1. The molecule has 0 saturated heterocycles. The van der Waals surface area contributed by atoms with Crippen LogP contribution in [0.25, 0.3) is 0 Å². The van der Waals surface area contributed by atoms with Crippen LogP contribution in [0, 0.1) is 0 Å². The van der Waals surface area contributed by atoms with Crippen molar-refractivity contribution in [2.75, 3.05) is 20.7 Å². The van der Waals surface area contributed by atoms with E-state index in [4.69, 9.17) is 10.2 Å². The summed E-state index contributed by atoms with van der Waals surface area (Å²) in [5, 5.41) is 17.8. The molecule has 4 nitrogen and oxygen atoms in total. The van der Waals surface area contributed by atoms with Crippen LogP contribution in [-0.2, 0) is 4.79 Å². The number of hydrogen-bond acceptors (Lipinski definition) is 3. The van der Waals surface area contributed by atoms with Gasteiger partial charge in [0.2, 0.25) is 0 Å². The van der Waals surface area contributed by atoms with Crippen LogP contribution in [0.3, 0.4) is 0 Å². The van der Waals surface area contributed by atoms with Crippen LogP contribution in [0.5, 0.6) is 0 Å². The minimum atomic E-state index is -0.823. The molecule has 0 aromatic carbocycles. The van der Waals surface area contributed by atoms with E-state index in [0.717, 1.165) is 38.5 Å². The molecule has 18 heavy (non-hydrogen) atoms. The summed E-state index contributed by atoms with van der Waals surface area (Å²) in [6, 6.07) is -0.0584. The molecule has 0 aliphatic rings. The molecule has 1 atom stereocenters. The normalized spacial score (nSPS) is 13.9. The highest BCUT2D eigenvalue weighted by Gasteiger charge is 2.16. The van der Waals surface area contributed by atoms with Crippen LogP contribution < -0.4 is 0 Å². The molecule has 0 spiro atoms. The largest absolute Gasteiger partial charge is 0.478 e. The van der Waals surface area contributed by atoms with Crippen LogP contribution in [0.4, 0.5) is 0 Å². The quantitative estimate of drug-likeness (QED) is 0.465. The van der Waals surface area contributed by atoms with Gasteiger partial charge in [-0.25, -0.2) is 4.79 Å². The van der Waals surface area contributed by atoms with Gasteiger partial charge >= 0.3 is 5.97 Å². The second kappa shape index (κ2) is 10.1. The van der Waals surface area contributed by atoms with Gasteiger partial charge in [0.25, 0.3) is 0 Å². The molecule has 0 aliphatic carbocycles. The molecule has 0 aromatic heterocycles. The van der Waals surface area contributed by atoms with E-state index in [-0.39, 0.29) is 12.6 Å². The summed E-state index contributed by atoms with van der Waals surface area (Å²) in [5.74, 6) is -0.823. The van der Waals surface area contributed by atoms with Gasteiger partial charge in [0, 0.05) is 18.2 Å². The lowest BCUT2D eigenvalue weighted by Crippen LogP contribution is -2.30. The highest BCUT2D eigenvalue weighted by molar-refractivity contribution is 5.87. The van der Waals surface area contributed by atoms with Crippen molar-refractivity contribution in [1.29, 1.82) is 0 Å². The van der Waals surface area contributed by atoms with Crippen LogP contribution in [0.2, 0.25) is 0 Å². The van der Waals surface area contributed by atoms with Crippen molar-refractivity contribution in [3.05, 3.63) is 11.6 Å². The van der Waals surface area contributed by atoms with E-state index in [0.29, 0.717) is 5.57 Å². The molecule has 0 heterocycles. The molecule has 0 amide bonds. The third-order valence-corrected chi connectivity index (χ3v) is 3.20. The summed E-state index contributed by atoms with van der Waals surface area (Å²) >= 11 is 0. The second-order valence-corrected chi connectivity index (χ2v) is 4.88. The van der Waals surface area contributed by atoms with Crippen molar-refractivity contribution < 1.29 is 15.0 Å². The number of allylic oxidation sites excluding steroid dienone is 1. The van der Waals surface area contributed by atoms with Gasteiger partial charge in [-0.3, -0.25) is 0 Å². The first-order valence-electron chi connectivity index (χ1n) is 6.71. The number of nitrogens with zero attached hydrogens (tertiary/aromatic N) is 1. The van der Waals surface area contributed by atoms with Gasteiger partial charge < -0.3 is 15.1 Å². The SMILES string of the molecule is CC(/C(=C\CCCCCCCO)C(=O)O)N(C)C. The third kappa shape index (κ3) is 7.45. The van der Waals surface area contributed by atoms with Gasteiger partial charge in [-0.05, 0) is 40.3 Å². The van der Waals surface area contributed by atoms with Gasteiger partial charge in [-0.1, -0.05) is 25.3 Å². The van der Waals surface area contributed by atoms with Crippen LogP contribution in [-0.4, -0.2) is 47.8 Å². The summed E-state index contributed by atoms with van der Waals surface area (Å²) in [6.07, 6.45) is 7.81. The standard InChI is InChI=1S/C14H27NO3/c1-12(15(2)3)13(14(17)18)10-8-6-4-5-7-9-11-16/h10,12,16H,4-9,11H2,1-3H3,(H,17,18)/b13-10+.